The molecule has 0 bridgehead atoms. The number of carbonyl (C=O) groups excluding carboxylic acids is 2. The summed E-state index contributed by atoms with van der Waals surface area (Å²) >= 11 is 0. The van der Waals surface area contributed by atoms with E-state index in [9.17, 15) is 14.7 Å². The van der Waals surface area contributed by atoms with Crippen molar-refractivity contribution >= 4 is 17.4 Å². The van der Waals surface area contributed by atoms with Gasteiger partial charge in [0.05, 0.1) is 25.3 Å². The smallest absolute Gasteiger partial charge is 0.295 e. The van der Waals surface area contributed by atoms with Crippen molar-refractivity contribution < 1.29 is 24.2 Å². The van der Waals surface area contributed by atoms with Gasteiger partial charge in [0.15, 0.2) is 0 Å². The third kappa shape index (κ3) is 4.94. The van der Waals surface area contributed by atoms with Gasteiger partial charge in [-0.1, -0.05) is 24.3 Å². The quantitative estimate of drug-likeness (QED) is 0.367. The number of rotatable bonds is 9. The Labute approximate surface area is 188 Å². The molecule has 2 aromatic rings. The molecule has 1 aliphatic rings. The van der Waals surface area contributed by atoms with Gasteiger partial charge in [-0.2, -0.15) is 0 Å². The second-order valence-corrected chi connectivity index (χ2v) is 7.88. The number of ketones is 1. The van der Waals surface area contributed by atoms with Crippen molar-refractivity contribution in [2.24, 2.45) is 0 Å². The number of Topliss-reactive ketones (excluding diaryl/α,β-unsaturated/α-hetero) is 1. The van der Waals surface area contributed by atoms with Crippen molar-refractivity contribution in [2.75, 3.05) is 40.9 Å². The van der Waals surface area contributed by atoms with Crippen LogP contribution in [0.2, 0.25) is 0 Å². The first-order chi connectivity index (χ1) is 15.4. The highest BCUT2D eigenvalue weighted by Gasteiger charge is 2.45. The van der Waals surface area contributed by atoms with Gasteiger partial charge in [-0.05, 0) is 63.8 Å². The number of aliphatic hydroxyl groups excluding tert-OH is 1. The second-order valence-electron chi connectivity index (χ2n) is 7.88. The predicted molar refractivity (Wildman–Crippen MR) is 123 cm³/mol. The number of benzene rings is 2. The molecule has 170 valence electrons. The van der Waals surface area contributed by atoms with E-state index in [-0.39, 0.29) is 11.3 Å². The number of carbonyl (C=O) groups is 2. The highest BCUT2D eigenvalue weighted by atomic mass is 16.5. The molecule has 1 N–H and O–H groups in total. The minimum Gasteiger partial charge on any atom is -0.507 e. The lowest BCUT2D eigenvalue weighted by molar-refractivity contribution is -0.139. The zero-order valence-corrected chi connectivity index (χ0v) is 19.0. The summed E-state index contributed by atoms with van der Waals surface area (Å²) in [6.07, 6.45) is 0.701. The van der Waals surface area contributed by atoms with Crippen molar-refractivity contribution in [1.82, 2.24) is 9.80 Å². The van der Waals surface area contributed by atoms with Crippen molar-refractivity contribution in [3.8, 4) is 11.5 Å². The zero-order valence-electron chi connectivity index (χ0n) is 19.0. The summed E-state index contributed by atoms with van der Waals surface area (Å²) in [7, 11) is 5.45. The van der Waals surface area contributed by atoms with Crippen LogP contribution in [0.15, 0.2) is 54.1 Å². The molecule has 7 heteroatoms. The van der Waals surface area contributed by atoms with E-state index in [0.717, 1.165) is 12.1 Å². The lowest BCUT2D eigenvalue weighted by atomic mass is 9.95. The van der Waals surface area contributed by atoms with Gasteiger partial charge in [0.1, 0.15) is 17.3 Å². The molecular formula is C25H30N2O5. The molecule has 0 aliphatic carbocycles. The normalized spacial score (nSPS) is 17.8. The number of nitrogens with zero attached hydrogens (tertiary/aromatic N) is 2. The van der Waals surface area contributed by atoms with E-state index >= 15 is 0 Å². The Balaban J connectivity index is 2.07. The lowest BCUT2D eigenvalue weighted by Gasteiger charge is -2.26. The third-order valence-electron chi connectivity index (χ3n) is 5.39. The van der Waals surface area contributed by atoms with Gasteiger partial charge in [-0.3, -0.25) is 9.59 Å². The molecule has 1 fully saturated rings. The maximum absolute atomic E-state index is 13.1. The average molecular weight is 439 g/mol. The highest BCUT2D eigenvalue weighted by molar-refractivity contribution is 6.46. The zero-order chi connectivity index (χ0) is 23.3. The molecular weight excluding hydrogens is 408 g/mol. The maximum Gasteiger partial charge on any atom is 0.295 e. The van der Waals surface area contributed by atoms with E-state index in [1.165, 1.54) is 7.11 Å². The fraction of sp³-hybridized carbons (Fsp3) is 0.360. The minimum atomic E-state index is -0.686. The number of amides is 1. The van der Waals surface area contributed by atoms with Crippen LogP contribution < -0.4 is 9.47 Å². The van der Waals surface area contributed by atoms with Crippen LogP contribution >= 0.6 is 0 Å². The van der Waals surface area contributed by atoms with Gasteiger partial charge < -0.3 is 24.4 Å². The SMILES string of the molecule is CCOc1ccc([C@@H]2/C(=C(\O)c3cccc(OC)c3)C(=O)C(=O)N2CCCN(C)C)cc1. The Morgan fingerprint density at radius 1 is 1.09 bits per heavy atom. The lowest BCUT2D eigenvalue weighted by Crippen LogP contribution is -2.32. The van der Waals surface area contributed by atoms with Crippen LogP contribution in [0, 0.1) is 0 Å². The molecule has 0 unspecified atom stereocenters. The molecule has 7 nitrogen and oxygen atoms in total. The number of aliphatic hydroxyl groups is 1. The van der Waals surface area contributed by atoms with Gasteiger partial charge in [-0.25, -0.2) is 0 Å². The Morgan fingerprint density at radius 3 is 2.44 bits per heavy atom. The molecule has 1 atom stereocenters. The van der Waals surface area contributed by atoms with E-state index < -0.39 is 17.7 Å². The summed E-state index contributed by atoms with van der Waals surface area (Å²) < 4.78 is 10.8. The summed E-state index contributed by atoms with van der Waals surface area (Å²) in [5.41, 5.74) is 1.24. The standard InChI is InChI=1S/C25H30N2O5/c1-5-32-19-12-10-17(11-13-19)22-21(23(28)18-8-6-9-20(16-18)31-4)24(29)25(30)27(22)15-7-14-26(2)3/h6,8-13,16,22,28H,5,7,14-15H2,1-4H3/b23-21+/t22-/m1/s1. The van der Waals surface area contributed by atoms with Crippen LogP contribution in [0.1, 0.15) is 30.5 Å². The van der Waals surface area contributed by atoms with Gasteiger partial charge in [0.2, 0.25) is 0 Å². The van der Waals surface area contributed by atoms with Crippen molar-refractivity contribution in [3.63, 3.8) is 0 Å². The second kappa shape index (κ2) is 10.3. The Morgan fingerprint density at radius 2 is 1.81 bits per heavy atom. The van der Waals surface area contributed by atoms with Gasteiger partial charge in [0, 0.05) is 12.1 Å². The first kappa shape index (κ1) is 23.3. The van der Waals surface area contributed by atoms with Crippen LogP contribution in [0.25, 0.3) is 5.76 Å². The van der Waals surface area contributed by atoms with Crippen LogP contribution in [0.5, 0.6) is 11.5 Å². The van der Waals surface area contributed by atoms with Crippen LogP contribution in [0.4, 0.5) is 0 Å². The Bertz CT molecular complexity index is 998. The molecule has 2 aromatic carbocycles. The molecule has 0 saturated carbocycles. The van der Waals surface area contributed by atoms with Crippen molar-refractivity contribution in [2.45, 2.75) is 19.4 Å². The van der Waals surface area contributed by atoms with E-state index in [1.807, 2.05) is 50.2 Å². The third-order valence-corrected chi connectivity index (χ3v) is 5.39. The fourth-order valence-electron chi connectivity index (χ4n) is 3.85. The molecule has 32 heavy (non-hydrogen) atoms. The van der Waals surface area contributed by atoms with Crippen molar-refractivity contribution in [3.05, 3.63) is 65.2 Å². The molecule has 1 heterocycles. The van der Waals surface area contributed by atoms with Crippen molar-refractivity contribution in [1.29, 1.82) is 0 Å². The molecule has 1 saturated heterocycles. The maximum atomic E-state index is 13.1. The summed E-state index contributed by atoms with van der Waals surface area (Å²) in [5, 5.41) is 11.1. The summed E-state index contributed by atoms with van der Waals surface area (Å²) in [6, 6.07) is 13.4. The average Bonchev–Trinajstić information content (AvgIpc) is 3.04. The molecule has 1 amide bonds. The molecule has 3 rings (SSSR count). The Kier molecular flexibility index (Phi) is 7.53. The number of hydrogen-bond acceptors (Lipinski definition) is 6. The monoisotopic (exact) mass is 438 g/mol. The molecule has 0 spiro atoms. The van der Waals surface area contributed by atoms with E-state index in [2.05, 4.69) is 0 Å². The van der Waals surface area contributed by atoms with Gasteiger partial charge in [-0.15, -0.1) is 0 Å². The Hall–Kier alpha value is -3.32. The summed E-state index contributed by atoms with van der Waals surface area (Å²) in [6.45, 7) is 3.62. The highest BCUT2D eigenvalue weighted by Crippen LogP contribution is 2.40. The number of ether oxygens (including phenoxy) is 2. The fourth-order valence-corrected chi connectivity index (χ4v) is 3.85. The summed E-state index contributed by atoms with van der Waals surface area (Å²) in [5.74, 6) is -0.252. The van der Waals surface area contributed by atoms with E-state index in [1.54, 1.807) is 29.2 Å². The van der Waals surface area contributed by atoms with Gasteiger partial charge in [0.25, 0.3) is 11.7 Å². The van der Waals surface area contributed by atoms with Crippen LogP contribution in [0.3, 0.4) is 0 Å². The van der Waals surface area contributed by atoms with Crippen LogP contribution in [-0.4, -0.2) is 67.5 Å². The van der Waals surface area contributed by atoms with Gasteiger partial charge >= 0.3 is 0 Å². The number of likely N-dealkylation sites (tertiary alicyclic amines) is 1. The minimum absolute atomic E-state index is 0.0808. The first-order valence-corrected chi connectivity index (χ1v) is 10.7. The van der Waals surface area contributed by atoms with E-state index in [0.29, 0.717) is 36.6 Å². The van der Waals surface area contributed by atoms with E-state index in [4.69, 9.17) is 9.47 Å². The topological polar surface area (TPSA) is 79.3 Å². The first-order valence-electron chi connectivity index (χ1n) is 10.7. The molecule has 0 aromatic heterocycles. The predicted octanol–water partition coefficient (Wildman–Crippen LogP) is 3.47. The summed E-state index contributed by atoms with van der Waals surface area (Å²) in [4.78, 5) is 29.6. The number of methoxy groups -OCH3 is 1. The largest absolute Gasteiger partial charge is 0.507 e. The van der Waals surface area contributed by atoms with Crippen LogP contribution in [-0.2, 0) is 9.59 Å². The number of hydrogen-bond donors (Lipinski definition) is 1. The molecule has 1 aliphatic heterocycles. The molecule has 0 radical (unpaired) electrons.